The summed E-state index contributed by atoms with van der Waals surface area (Å²) < 4.78 is 64.6. The van der Waals surface area contributed by atoms with Gasteiger partial charge in [-0.05, 0) is 49.9 Å². The monoisotopic (exact) mass is 336 g/mol. The van der Waals surface area contributed by atoms with Gasteiger partial charge >= 0.3 is 6.18 Å². The van der Waals surface area contributed by atoms with Crippen LogP contribution in [0, 0.1) is 5.92 Å². The van der Waals surface area contributed by atoms with Crippen molar-refractivity contribution in [3.8, 4) is 0 Å². The molecule has 8 heteroatoms. The Bertz CT molecular complexity index is 615. The predicted molar refractivity (Wildman–Crippen MR) is 76.6 cm³/mol. The van der Waals surface area contributed by atoms with Crippen molar-refractivity contribution in [1.29, 1.82) is 0 Å². The van der Waals surface area contributed by atoms with E-state index in [1.807, 2.05) is 0 Å². The number of hydrogen-bond acceptors (Lipinski definition) is 3. The van der Waals surface area contributed by atoms with E-state index in [9.17, 15) is 21.6 Å². The highest BCUT2D eigenvalue weighted by molar-refractivity contribution is 7.89. The molecule has 0 spiro atoms. The van der Waals surface area contributed by atoms with Crippen molar-refractivity contribution in [2.45, 2.75) is 30.3 Å². The normalized spacial score (nSPS) is 21.0. The quantitative estimate of drug-likeness (QED) is 0.919. The maximum absolute atomic E-state index is 12.7. The summed E-state index contributed by atoms with van der Waals surface area (Å²) in [5.41, 5.74) is 4.55. The summed E-state index contributed by atoms with van der Waals surface area (Å²) in [6.07, 6.45) is -2.25. The van der Waals surface area contributed by atoms with Gasteiger partial charge in [-0.1, -0.05) is 6.07 Å². The molecule has 0 bridgehead atoms. The number of halogens is 3. The molecular formula is C14H19F3N2O2S. The Morgan fingerprint density at radius 2 is 2.05 bits per heavy atom. The summed E-state index contributed by atoms with van der Waals surface area (Å²) in [7, 11) is -3.90. The minimum absolute atomic E-state index is 0.166. The van der Waals surface area contributed by atoms with Gasteiger partial charge < -0.3 is 5.73 Å². The summed E-state index contributed by atoms with van der Waals surface area (Å²) in [5.74, 6) is 0.166. The average molecular weight is 336 g/mol. The van der Waals surface area contributed by atoms with Gasteiger partial charge in [-0.15, -0.1) is 0 Å². The molecule has 1 unspecified atom stereocenters. The van der Waals surface area contributed by atoms with Crippen LogP contribution in [0.4, 0.5) is 13.2 Å². The summed E-state index contributed by atoms with van der Waals surface area (Å²) in [5, 5.41) is 0. The molecule has 1 atom stereocenters. The Morgan fingerprint density at radius 1 is 1.32 bits per heavy atom. The Hall–Kier alpha value is -1.12. The first-order valence-corrected chi connectivity index (χ1v) is 8.56. The minimum Gasteiger partial charge on any atom is -0.330 e. The zero-order valence-electron chi connectivity index (χ0n) is 12.0. The van der Waals surface area contributed by atoms with Gasteiger partial charge in [0.1, 0.15) is 0 Å². The second kappa shape index (κ2) is 6.55. The third-order valence-electron chi connectivity index (χ3n) is 3.86. The predicted octanol–water partition coefficient (Wildman–Crippen LogP) is 2.45. The number of nitrogens with two attached hydrogens (primary N) is 1. The molecule has 0 aliphatic carbocycles. The fourth-order valence-corrected chi connectivity index (χ4v) is 4.30. The molecule has 22 heavy (non-hydrogen) atoms. The maximum atomic E-state index is 12.7. The van der Waals surface area contributed by atoms with Crippen LogP contribution in [-0.2, 0) is 16.2 Å². The first-order valence-electron chi connectivity index (χ1n) is 7.12. The summed E-state index contributed by atoms with van der Waals surface area (Å²) >= 11 is 0. The highest BCUT2D eigenvalue weighted by Gasteiger charge is 2.34. The Kier molecular flexibility index (Phi) is 5.14. The van der Waals surface area contributed by atoms with Crippen LogP contribution in [0.3, 0.4) is 0 Å². The van der Waals surface area contributed by atoms with Gasteiger partial charge in [-0.3, -0.25) is 0 Å². The van der Waals surface area contributed by atoms with Crippen LogP contribution in [0.25, 0.3) is 0 Å². The molecule has 1 fully saturated rings. The largest absolute Gasteiger partial charge is 0.416 e. The highest BCUT2D eigenvalue weighted by atomic mass is 32.2. The van der Waals surface area contributed by atoms with Crippen LogP contribution in [-0.4, -0.2) is 32.4 Å². The lowest BCUT2D eigenvalue weighted by atomic mass is 9.96. The van der Waals surface area contributed by atoms with E-state index in [2.05, 4.69) is 0 Å². The molecule has 1 aromatic rings. The first kappa shape index (κ1) is 17.2. The Labute approximate surface area is 128 Å². The maximum Gasteiger partial charge on any atom is 0.416 e. The van der Waals surface area contributed by atoms with E-state index in [1.54, 1.807) is 0 Å². The molecule has 1 aliphatic heterocycles. The lowest BCUT2D eigenvalue weighted by molar-refractivity contribution is -0.137. The van der Waals surface area contributed by atoms with Gasteiger partial charge in [0.15, 0.2) is 0 Å². The van der Waals surface area contributed by atoms with Gasteiger partial charge in [0.05, 0.1) is 10.5 Å². The molecule has 0 radical (unpaired) electrons. The number of hydrogen-bond donors (Lipinski definition) is 1. The van der Waals surface area contributed by atoms with E-state index in [0.29, 0.717) is 38.5 Å². The second-order valence-corrected chi connectivity index (χ2v) is 7.41. The number of benzene rings is 1. The van der Waals surface area contributed by atoms with Crippen molar-refractivity contribution in [1.82, 2.24) is 4.31 Å². The van der Waals surface area contributed by atoms with Crippen molar-refractivity contribution in [2.75, 3.05) is 19.6 Å². The van der Waals surface area contributed by atoms with Crippen LogP contribution < -0.4 is 5.73 Å². The lowest BCUT2D eigenvalue weighted by Crippen LogP contribution is -2.40. The number of rotatable bonds is 4. The van der Waals surface area contributed by atoms with Gasteiger partial charge in [0.25, 0.3) is 0 Å². The van der Waals surface area contributed by atoms with E-state index in [4.69, 9.17) is 5.73 Å². The van der Waals surface area contributed by atoms with E-state index >= 15 is 0 Å². The number of sulfonamides is 1. The minimum atomic E-state index is -4.56. The van der Waals surface area contributed by atoms with E-state index in [-0.39, 0.29) is 10.8 Å². The van der Waals surface area contributed by atoms with Crippen molar-refractivity contribution in [3.05, 3.63) is 29.8 Å². The fraction of sp³-hybridized carbons (Fsp3) is 0.571. The van der Waals surface area contributed by atoms with Crippen molar-refractivity contribution < 1.29 is 21.6 Å². The molecule has 2 N–H and O–H groups in total. The van der Waals surface area contributed by atoms with Crippen LogP contribution in [0.1, 0.15) is 24.8 Å². The third kappa shape index (κ3) is 3.80. The van der Waals surface area contributed by atoms with E-state index in [0.717, 1.165) is 18.6 Å². The topological polar surface area (TPSA) is 63.4 Å². The van der Waals surface area contributed by atoms with Gasteiger partial charge in [0, 0.05) is 13.1 Å². The fourth-order valence-electron chi connectivity index (χ4n) is 2.70. The second-order valence-electron chi connectivity index (χ2n) is 5.47. The number of nitrogens with zero attached hydrogens (tertiary/aromatic N) is 1. The number of alkyl halides is 3. The molecule has 1 saturated heterocycles. The standard InChI is InChI=1S/C14H19F3N2O2S/c15-14(16,17)12-4-1-5-13(9-12)22(20,21)19-8-2-3-11(10-19)6-7-18/h1,4-5,9,11H,2-3,6-8,10,18H2. The highest BCUT2D eigenvalue weighted by Crippen LogP contribution is 2.32. The van der Waals surface area contributed by atoms with Crippen LogP contribution in [0.15, 0.2) is 29.2 Å². The Balaban J connectivity index is 2.26. The number of piperidine rings is 1. The first-order chi connectivity index (χ1) is 10.2. The SMILES string of the molecule is NCCC1CCCN(S(=O)(=O)c2cccc(C(F)(F)F)c2)C1. The van der Waals surface area contributed by atoms with E-state index in [1.165, 1.54) is 10.4 Å². The van der Waals surface area contributed by atoms with Crippen LogP contribution >= 0.6 is 0 Å². The molecule has 0 aromatic heterocycles. The smallest absolute Gasteiger partial charge is 0.330 e. The van der Waals surface area contributed by atoms with Crippen molar-refractivity contribution >= 4 is 10.0 Å². The van der Waals surface area contributed by atoms with Crippen LogP contribution in [0.2, 0.25) is 0 Å². The summed E-state index contributed by atoms with van der Waals surface area (Å²) in [6.45, 7) is 1.12. The molecule has 1 aromatic carbocycles. The van der Waals surface area contributed by atoms with Crippen LogP contribution in [0.5, 0.6) is 0 Å². The average Bonchev–Trinajstić information content (AvgIpc) is 2.47. The molecule has 0 saturated carbocycles. The molecule has 124 valence electrons. The third-order valence-corrected chi connectivity index (χ3v) is 5.72. The molecule has 2 rings (SSSR count). The zero-order valence-corrected chi connectivity index (χ0v) is 12.8. The van der Waals surface area contributed by atoms with Gasteiger partial charge in [-0.2, -0.15) is 17.5 Å². The van der Waals surface area contributed by atoms with Gasteiger partial charge in [-0.25, -0.2) is 8.42 Å². The lowest BCUT2D eigenvalue weighted by Gasteiger charge is -2.31. The Morgan fingerprint density at radius 3 is 2.68 bits per heavy atom. The zero-order chi connectivity index (χ0) is 16.4. The van der Waals surface area contributed by atoms with Crippen molar-refractivity contribution in [3.63, 3.8) is 0 Å². The molecule has 1 aliphatic rings. The molecular weight excluding hydrogens is 317 g/mol. The summed E-state index contributed by atoms with van der Waals surface area (Å²) in [4.78, 5) is -0.310. The molecule has 0 amide bonds. The molecule has 4 nitrogen and oxygen atoms in total. The molecule has 1 heterocycles. The summed E-state index contributed by atoms with van der Waals surface area (Å²) in [6, 6.07) is 3.89. The van der Waals surface area contributed by atoms with Gasteiger partial charge in [0.2, 0.25) is 10.0 Å². The van der Waals surface area contributed by atoms with E-state index < -0.39 is 21.8 Å². The van der Waals surface area contributed by atoms with Crippen molar-refractivity contribution in [2.24, 2.45) is 11.7 Å².